The molecule has 9 nitrogen and oxygen atoms in total. The molecular weight excluding hydrogens is 415 g/mol. The molecule has 0 bridgehead atoms. The van der Waals surface area contributed by atoms with Crippen molar-refractivity contribution in [3.05, 3.63) is 41.5 Å². The van der Waals surface area contributed by atoms with E-state index in [1.54, 1.807) is 24.0 Å². The predicted molar refractivity (Wildman–Crippen MR) is 115 cm³/mol. The van der Waals surface area contributed by atoms with Crippen LogP contribution in [0, 0.1) is 18.7 Å². The Morgan fingerprint density at radius 2 is 2.09 bits per heavy atom. The van der Waals surface area contributed by atoms with Crippen molar-refractivity contribution in [2.75, 3.05) is 32.8 Å². The number of carbonyl (C=O) groups is 2. The number of tetrazole rings is 1. The molecule has 0 aliphatic carbocycles. The van der Waals surface area contributed by atoms with Crippen LogP contribution in [0.25, 0.3) is 0 Å². The molecule has 1 fully saturated rings. The van der Waals surface area contributed by atoms with Gasteiger partial charge in [0.25, 0.3) is 0 Å². The second kappa shape index (κ2) is 11.7. The van der Waals surface area contributed by atoms with Gasteiger partial charge in [0.1, 0.15) is 17.7 Å². The first-order valence-electron chi connectivity index (χ1n) is 11.1. The van der Waals surface area contributed by atoms with Crippen LogP contribution >= 0.6 is 0 Å². The maximum Gasteiger partial charge on any atom is 0.247 e. The fourth-order valence-electron chi connectivity index (χ4n) is 3.94. The van der Waals surface area contributed by atoms with E-state index in [9.17, 15) is 14.0 Å². The van der Waals surface area contributed by atoms with Gasteiger partial charge in [-0.1, -0.05) is 12.1 Å². The van der Waals surface area contributed by atoms with Crippen LogP contribution in [0.2, 0.25) is 0 Å². The van der Waals surface area contributed by atoms with Crippen molar-refractivity contribution in [3.8, 4) is 0 Å². The molecule has 0 spiro atoms. The second-order valence-electron chi connectivity index (χ2n) is 7.96. The van der Waals surface area contributed by atoms with Crippen LogP contribution in [0.4, 0.5) is 4.39 Å². The van der Waals surface area contributed by atoms with Gasteiger partial charge in [-0.15, -0.1) is 5.10 Å². The molecule has 0 saturated carbocycles. The molecule has 174 valence electrons. The minimum atomic E-state index is -0.671. The number of piperidine rings is 1. The number of nitrogens with one attached hydrogen (secondary N) is 1. The number of hydrogen-bond donors (Lipinski definition) is 1. The number of rotatable bonds is 10. The molecular formula is C22H31FN6O3. The van der Waals surface area contributed by atoms with E-state index in [-0.39, 0.29) is 30.0 Å². The number of likely N-dealkylation sites (tertiary alicyclic amines) is 1. The van der Waals surface area contributed by atoms with Crippen molar-refractivity contribution in [3.63, 3.8) is 0 Å². The van der Waals surface area contributed by atoms with Gasteiger partial charge in [0, 0.05) is 45.2 Å². The highest BCUT2D eigenvalue weighted by molar-refractivity contribution is 5.82. The summed E-state index contributed by atoms with van der Waals surface area (Å²) in [5, 5.41) is 14.5. The number of amides is 2. The first-order valence-corrected chi connectivity index (χ1v) is 11.1. The zero-order chi connectivity index (χ0) is 22.9. The summed E-state index contributed by atoms with van der Waals surface area (Å²) in [6.07, 6.45) is 2.27. The number of carbonyl (C=O) groups excluding carboxylic acids is 2. The third kappa shape index (κ3) is 6.32. The molecule has 1 N–H and O–H groups in total. The zero-order valence-electron chi connectivity index (χ0n) is 18.7. The van der Waals surface area contributed by atoms with Gasteiger partial charge in [0.05, 0.1) is 0 Å². The quantitative estimate of drug-likeness (QED) is 0.557. The average Bonchev–Trinajstić information content (AvgIpc) is 3.22. The number of hydrogen-bond acceptors (Lipinski definition) is 6. The summed E-state index contributed by atoms with van der Waals surface area (Å²) < 4.78 is 20.4. The first kappa shape index (κ1) is 23.8. The van der Waals surface area contributed by atoms with Crippen molar-refractivity contribution < 1.29 is 18.7 Å². The van der Waals surface area contributed by atoms with Crippen LogP contribution in [0.15, 0.2) is 24.3 Å². The minimum absolute atomic E-state index is 0.0289. The minimum Gasteiger partial charge on any atom is -0.382 e. The first-order chi connectivity index (χ1) is 15.5. The molecule has 0 unspecified atom stereocenters. The van der Waals surface area contributed by atoms with Crippen molar-refractivity contribution in [2.45, 2.75) is 45.6 Å². The number of nitrogens with zero attached hydrogens (tertiary/aromatic N) is 5. The molecule has 2 amide bonds. The number of benzene rings is 1. The van der Waals surface area contributed by atoms with Gasteiger partial charge < -0.3 is 15.0 Å². The summed E-state index contributed by atoms with van der Waals surface area (Å²) in [5.74, 6) is -0.0414. The molecule has 10 heteroatoms. The van der Waals surface area contributed by atoms with Crippen LogP contribution in [0.5, 0.6) is 0 Å². The smallest absolute Gasteiger partial charge is 0.247 e. The van der Waals surface area contributed by atoms with Crippen LogP contribution < -0.4 is 5.32 Å². The third-order valence-corrected chi connectivity index (χ3v) is 5.70. The maximum atomic E-state index is 13.7. The molecule has 3 rings (SSSR count). The largest absolute Gasteiger partial charge is 0.382 e. The fourth-order valence-corrected chi connectivity index (χ4v) is 3.94. The number of ether oxygens (including phenoxy) is 1. The predicted octanol–water partition coefficient (Wildman–Crippen LogP) is 1.69. The summed E-state index contributed by atoms with van der Waals surface area (Å²) >= 11 is 0. The van der Waals surface area contributed by atoms with Crippen molar-refractivity contribution in [2.24, 2.45) is 5.92 Å². The average molecular weight is 447 g/mol. The molecule has 2 heterocycles. The Bertz CT molecular complexity index is 897. The molecule has 1 atom stereocenters. The zero-order valence-corrected chi connectivity index (χ0v) is 18.7. The van der Waals surface area contributed by atoms with E-state index in [1.807, 2.05) is 6.92 Å². The highest BCUT2D eigenvalue weighted by Crippen LogP contribution is 2.23. The lowest BCUT2D eigenvalue weighted by molar-refractivity contribution is -0.138. The Morgan fingerprint density at radius 1 is 1.31 bits per heavy atom. The summed E-state index contributed by atoms with van der Waals surface area (Å²) in [7, 11) is 0. The van der Waals surface area contributed by atoms with Gasteiger partial charge in [0.2, 0.25) is 11.8 Å². The lowest BCUT2D eigenvalue weighted by atomic mass is 9.94. The summed E-state index contributed by atoms with van der Waals surface area (Å²) in [6.45, 7) is 6.53. The normalized spacial score (nSPS) is 15.5. The summed E-state index contributed by atoms with van der Waals surface area (Å²) in [5.41, 5.74) is 0.694. The van der Waals surface area contributed by atoms with Gasteiger partial charge in [-0.25, -0.2) is 9.07 Å². The van der Waals surface area contributed by atoms with Crippen molar-refractivity contribution in [1.29, 1.82) is 0 Å². The van der Waals surface area contributed by atoms with E-state index in [0.717, 1.165) is 6.42 Å². The van der Waals surface area contributed by atoms with Crippen LogP contribution in [-0.4, -0.2) is 69.8 Å². The lowest BCUT2D eigenvalue weighted by Gasteiger charge is -2.33. The second-order valence-corrected chi connectivity index (χ2v) is 7.96. The molecule has 32 heavy (non-hydrogen) atoms. The summed E-state index contributed by atoms with van der Waals surface area (Å²) in [4.78, 5) is 27.6. The Kier molecular flexibility index (Phi) is 8.66. The summed E-state index contributed by atoms with van der Waals surface area (Å²) in [6, 6.07) is 5.52. The Labute approximate surface area is 187 Å². The van der Waals surface area contributed by atoms with E-state index in [2.05, 4.69) is 20.8 Å². The van der Waals surface area contributed by atoms with Gasteiger partial charge in [0.15, 0.2) is 0 Å². The molecule has 1 saturated heterocycles. The fraction of sp³-hybridized carbons (Fsp3) is 0.591. The van der Waals surface area contributed by atoms with Gasteiger partial charge >= 0.3 is 0 Å². The number of halogens is 1. The monoisotopic (exact) mass is 446 g/mol. The van der Waals surface area contributed by atoms with Crippen molar-refractivity contribution >= 4 is 11.8 Å². The topological polar surface area (TPSA) is 102 Å². The Balaban J connectivity index is 1.59. The molecule has 1 aliphatic rings. The molecule has 1 aromatic heterocycles. The SMILES string of the molecule is CCOCCCNC(=O)C1CCN(C(=O)[C@@H](Cc2cccc(F)c2)n2nnnc2C)CC1. The molecule has 1 aliphatic heterocycles. The third-order valence-electron chi connectivity index (χ3n) is 5.70. The standard InChI is InChI=1S/C22H31FN6O3/c1-3-32-13-5-10-24-21(30)18-8-11-28(12-9-18)22(31)20(29-16(2)25-26-27-29)15-17-6-4-7-19(23)14-17/h4,6-7,14,18,20H,3,5,8-13,15H2,1-2H3,(H,24,30)/t20-/m1/s1. The van der Waals surface area contributed by atoms with Crippen LogP contribution in [0.3, 0.4) is 0 Å². The maximum absolute atomic E-state index is 13.7. The van der Waals surface area contributed by atoms with Crippen LogP contribution in [0.1, 0.15) is 43.6 Å². The van der Waals surface area contributed by atoms with Crippen LogP contribution in [-0.2, 0) is 20.7 Å². The number of aromatic nitrogens is 4. The highest BCUT2D eigenvalue weighted by Gasteiger charge is 2.33. The van der Waals surface area contributed by atoms with E-state index in [4.69, 9.17) is 4.74 Å². The highest BCUT2D eigenvalue weighted by atomic mass is 19.1. The van der Waals surface area contributed by atoms with E-state index < -0.39 is 6.04 Å². The number of aryl methyl sites for hydroxylation is 1. The molecule has 2 aromatic rings. The van der Waals surface area contributed by atoms with E-state index >= 15 is 0 Å². The van der Waals surface area contributed by atoms with E-state index in [0.29, 0.717) is 57.1 Å². The Hall–Kier alpha value is -2.88. The van der Waals surface area contributed by atoms with Gasteiger partial charge in [-0.2, -0.15) is 0 Å². The van der Waals surface area contributed by atoms with Gasteiger partial charge in [-0.05, 0) is 61.2 Å². The lowest BCUT2D eigenvalue weighted by Crippen LogP contribution is -2.46. The Morgan fingerprint density at radius 3 is 2.75 bits per heavy atom. The van der Waals surface area contributed by atoms with Crippen molar-refractivity contribution in [1.82, 2.24) is 30.4 Å². The van der Waals surface area contributed by atoms with E-state index in [1.165, 1.54) is 16.8 Å². The molecule has 0 radical (unpaired) electrons. The van der Waals surface area contributed by atoms with Gasteiger partial charge in [-0.3, -0.25) is 9.59 Å². The molecule has 1 aromatic carbocycles.